The summed E-state index contributed by atoms with van der Waals surface area (Å²) < 4.78 is 9.42. The average Bonchev–Trinajstić information content (AvgIpc) is 3.76. The fourth-order valence-electron chi connectivity index (χ4n) is 5.09. The molecule has 11 nitrogen and oxygen atoms in total. The number of carbonyl (C=O) groups excluding carboxylic acids is 1. The molecule has 0 aliphatic carbocycles. The second kappa shape index (κ2) is 14.2. The highest BCUT2D eigenvalue weighted by molar-refractivity contribution is 5.78. The van der Waals surface area contributed by atoms with Crippen LogP contribution in [0.4, 0.5) is 5.95 Å². The number of benzene rings is 1. The van der Waals surface area contributed by atoms with Crippen molar-refractivity contribution in [3.05, 3.63) is 65.9 Å². The third-order valence-electron chi connectivity index (χ3n) is 7.32. The van der Waals surface area contributed by atoms with Gasteiger partial charge in [0.25, 0.3) is 0 Å². The number of anilines is 1. The van der Waals surface area contributed by atoms with Crippen LogP contribution in [0.1, 0.15) is 62.4 Å². The summed E-state index contributed by atoms with van der Waals surface area (Å²) in [5.41, 5.74) is 4.06. The first-order chi connectivity index (χ1) is 20.1. The number of nitrogens with zero attached hydrogens (tertiary/aromatic N) is 7. The van der Waals surface area contributed by atoms with Crippen LogP contribution in [0.2, 0.25) is 0 Å². The molecule has 5 rings (SSSR count). The van der Waals surface area contributed by atoms with E-state index in [1.54, 1.807) is 10.7 Å². The lowest BCUT2D eigenvalue weighted by Crippen LogP contribution is -2.37. The fourth-order valence-corrected chi connectivity index (χ4v) is 5.09. The molecule has 1 amide bonds. The molecule has 1 saturated heterocycles. The molecule has 3 aromatic heterocycles. The van der Waals surface area contributed by atoms with Crippen LogP contribution in [0.25, 0.3) is 11.3 Å². The molecule has 0 spiro atoms. The zero-order valence-electron chi connectivity index (χ0n) is 24.1. The summed E-state index contributed by atoms with van der Waals surface area (Å²) in [5, 5.41) is 15.5. The molecule has 0 radical (unpaired) electrons. The van der Waals surface area contributed by atoms with E-state index in [1.165, 1.54) is 12.8 Å². The first-order valence-corrected chi connectivity index (χ1v) is 14.7. The van der Waals surface area contributed by atoms with E-state index < -0.39 is 0 Å². The van der Waals surface area contributed by atoms with Gasteiger partial charge in [-0.15, -0.1) is 0 Å². The van der Waals surface area contributed by atoms with Crippen LogP contribution in [0, 0.1) is 0 Å². The number of fused-ring (bicyclic) bond motifs is 1. The van der Waals surface area contributed by atoms with E-state index in [1.807, 2.05) is 35.3 Å². The molecule has 2 N–H and O–H groups in total. The third-order valence-corrected chi connectivity index (χ3v) is 7.32. The molecule has 0 atom stereocenters. The Kier molecular flexibility index (Phi) is 9.92. The molecule has 0 bridgehead atoms. The van der Waals surface area contributed by atoms with Crippen molar-refractivity contribution in [3.63, 3.8) is 0 Å². The summed E-state index contributed by atoms with van der Waals surface area (Å²) in [6.45, 7) is 9.13. The first-order valence-electron chi connectivity index (χ1n) is 14.7. The number of carbonyl (C=O) groups is 1. The molecule has 4 aromatic rings. The van der Waals surface area contributed by atoms with Crippen molar-refractivity contribution in [1.29, 1.82) is 0 Å². The van der Waals surface area contributed by atoms with Crippen molar-refractivity contribution < 1.29 is 9.53 Å². The van der Waals surface area contributed by atoms with Gasteiger partial charge < -0.3 is 15.4 Å². The predicted molar refractivity (Wildman–Crippen MR) is 158 cm³/mol. The Labute approximate surface area is 241 Å². The number of likely N-dealkylation sites (tertiary alicyclic amines) is 1. The van der Waals surface area contributed by atoms with E-state index in [0.717, 1.165) is 60.6 Å². The number of rotatable bonds is 15. The number of hydrogen-bond donors (Lipinski definition) is 2. The van der Waals surface area contributed by atoms with Crippen LogP contribution in [0.15, 0.2) is 48.9 Å². The van der Waals surface area contributed by atoms with Crippen LogP contribution >= 0.6 is 0 Å². The quantitative estimate of drug-likeness (QED) is 0.212. The fraction of sp³-hybridized carbons (Fsp3) is 0.500. The van der Waals surface area contributed by atoms with Crippen LogP contribution in [-0.2, 0) is 22.5 Å². The number of unbranched alkanes of at least 4 members (excludes halogenated alkanes) is 1. The molecular formula is C30H41N9O2. The molecule has 11 heteroatoms. The van der Waals surface area contributed by atoms with Gasteiger partial charge in [0.2, 0.25) is 11.9 Å². The minimum absolute atomic E-state index is 0.0815. The van der Waals surface area contributed by atoms with Gasteiger partial charge in [-0.2, -0.15) is 19.7 Å². The third kappa shape index (κ3) is 7.68. The number of ether oxygens (including phenoxy) is 1. The largest absolute Gasteiger partial charge is 0.380 e. The summed E-state index contributed by atoms with van der Waals surface area (Å²) in [6, 6.07) is 10.1. The SMILES string of the molecule is CC(C)c1cnn2c(NCc3ccccc3-n3cccn3)nc(CCCCOCCNC(=O)CN3CCCC3)nc12. The molecule has 1 aromatic carbocycles. The molecule has 0 saturated carbocycles. The molecule has 4 heterocycles. The summed E-state index contributed by atoms with van der Waals surface area (Å²) in [6.07, 6.45) is 10.5. The Morgan fingerprint density at radius 2 is 1.90 bits per heavy atom. The Balaban J connectivity index is 1.14. The summed E-state index contributed by atoms with van der Waals surface area (Å²) in [4.78, 5) is 24.0. The molecule has 41 heavy (non-hydrogen) atoms. The van der Waals surface area contributed by atoms with E-state index in [4.69, 9.17) is 14.7 Å². The smallest absolute Gasteiger partial charge is 0.234 e. The van der Waals surface area contributed by atoms with E-state index in [2.05, 4.69) is 51.7 Å². The number of hydrogen-bond acceptors (Lipinski definition) is 8. The van der Waals surface area contributed by atoms with Gasteiger partial charge >= 0.3 is 0 Å². The lowest BCUT2D eigenvalue weighted by molar-refractivity contribution is -0.122. The van der Waals surface area contributed by atoms with E-state index in [9.17, 15) is 4.79 Å². The summed E-state index contributed by atoms with van der Waals surface area (Å²) in [7, 11) is 0. The van der Waals surface area contributed by atoms with Crippen molar-refractivity contribution >= 4 is 17.5 Å². The topological polar surface area (TPSA) is 114 Å². The Morgan fingerprint density at radius 3 is 2.71 bits per heavy atom. The molecule has 218 valence electrons. The minimum Gasteiger partial charge on any atom is -0.380 e. The van der Waals surface area contributed by atoms with Crippen molar-refractivity contribution in [1.82, 2.24) is 39.6 Å². The molecule has 0 unspecified atom stereocenters. The van der Waals surface area contributed by atoms with E-state index in [-0.39, 0.29) is 5.91 Å². The van der Waals surface area contributed by atoms with Crippen LogP contribution in [0.5, 0.6) is 0 Å². The van der Waals surface area contributed by atoms with Gasteiger partial charge in [0.15, 0.2) is 5.65 Å². The van der Waals surface area contributed by atoms with Gasteiger partial charge in [0, 0.05) is 44.1 Å². The summed E-state index contributed by atoms with van der Waals surface area (Å²) >= 11 is 0. The number of aromatic nitrogens is 6. The van der Waals surface area contributed by atoms with Crippen LogP contribution < -0.4 is 10.6 Å². The normalized spacial score (nSPS) is 13.8. The van der Waals surface area contributed by atoms with Gasteiger partial charge in [-0.1, -0.05) is 32.0 Å². The van der Waals surface area contributed by atoms with E-state index >= 15 is 0 Å². The number of nitrogens with one attached hydrogen (secondary N) is 2. The van der Waals surface area contributed by atoms with Gasteiger partial charge in [-0.25, -0.2) is 9.67 Å². The zero-order valence-corrected chi connectivity index (χ0v) is 24.1. The van der Waals surface area contributed by atoms with Gasteiger partial charge in [-0.05, 0) is 62.4 Å². The predicted octanol–water partition coefficient (Wildman–Crippen LogP) is 3.60. The average molecular weight is 560 g/mol. The monoisotopic (exact) mass is 559 g/mol. The highest BCUT2D eigenvalue weighted by Gasteiger charge is 2.16. The minimum atomic E-state index is 0.0815. The second-order valence-corrected chi connectivity index (χ2v) is 10.8. The summed E-state index contributed by atoms with van der Waals surface area (Å²) in [5.74, 6) is 1.84. The lowest BCUT2D eigenvalue weighted by atomic mass is 10.1. The maximum absolute atomic E-state index is 12.0. The second-order valence-electron chi connectivity index (χ2n) is 10.8. The maximum atomic E-state index is 12.0. The Morgan fingerprint density at radius 1 is 1.05 bits per heavy atom. The molecular weight excluding hydrogens is 518 g/mol. The van der Waals surface area contributed by atoms with Gasteiger partial charge in [-0.3, -0.25) is 9.69 Å². The zero-order chi connectivity index (χ0) is 28.4. The lowest BCUT2D eigenvalue weighted by Gasteiger charge is -2.14. The van der Waals surface area contributed by atoms with E-state index in [0.29, 0.717) is 44.7 Å². The van der Waals surface area contributed by atoms with Crippen molar-refractivity contribution in [2.45, 2.75) is 58.4 Å². The molecule has 1 aliphatic heterocycles. The standard InChI is InChI=1S/C30H41N9O2/c1-23(2)25-21-34-39-29(25)35-27(12-5-8-18-41-19-14-31-28(40)22-37-15-6-7-16-37)36-30(39)32-20-24-10-3-4-11-26(24)38-17-9-13-33-38/h3-4,9-11,13,17,21,23H,5-8,12,14-16,18-20,22H2,1-2H3,(H,31,40)(H,32,35,36). The Bertz CT molecular complexity index is 1390. The van der Waals surface area contributed by atoms with Gasteiger partial charge in [0.05, 0.1) is 25.0 Å². The number of para-hydroxylation sites is 1. The molecule has 1 aliphatic rings. The van der Waals surface area contributed by atoms with Crippen molar-refractivity contribution in [3.8, 4) is 5.69 Å². The Hall–Kier alpha value is -3.83. The maximum Gasteiger partial charge on any atom is 0.234 e. The highest BCUT2D eigenvalue weighted by atomic mass is 16.5. The number of amides is 1. The van der Waals surface area contributed by atoms with Crippen LogP contribution in [-0.4, -0.2) is 79.6 Å². The number of aryl methyl sites for hydroxylation is 1. The van der Waals surface area contributed by atoms with Crippen molar-refractivity contribution in [2.24, 2.45) is 0 Å². The highest BCUT2D eigenvalue weighted by Crippen LogP contribution is 2.22. The van der Waals surface area contributed by atoms with Crippen LogP contribution in [0.3, 0.4) is 0 Å². The van der Waals surface area contributed by atoms with Gasteiger partial charge in [0.1, 0.15) is 5.82 Å². The van der Waals surface area contributed by atoms with Crippen molar-refractivity contribution in [2.75, 3.05) is 44.7 Å². The first kappa shape index (κ1) is 28.7. The molecule has 1 fully saturated rings.